The van der Waals surface area contributed by atoms with Gasteiger partial charge in [-0.05, 0) is 53.9 Å². The lowest BCUT2D eigenvalue weighted by Gasteiger charge is -2.26. The summed E-state index contributed by atoms with van der Waals surface area (Å²) in [5.41, 5.74) is 0.0873. The number of ether oxygens (including phenoxy) is 1. The Balaban J connectivity index is 2.28. The molecule has 1 saturated heterocycles. The number of ketones is 1. The van der Waals surface area contributed by atoms with Crippen LogP contribution in [0.2, 0.25) is 0 Å². The second kappa shape index (κ2) is 7.55. The van der Waals surface area contributed by atoms with E-state index >= 15 is 0 Å². The molecule has 0 N–H and O–H groups in total. The van der Waals surface area contributed by atoms with Crippen molar-refractivity contribution in [2.45, 2.75) is 31.1 Å². The van der Waals surface area contributed by atoms with Crippen molar-refractivity contribution in [2.75, 3.05) is 19.7 Å². The first-order valence-corrected chi connectivity index (χ1v) is 9.52. The van der Waals surface area contributed by atoms with Gasteiger partial charge in [-0.3, -0.25) is 4.79 Å². The molecule has 23 heavy (non-hydrogen) atoms. The van der Waals surface area contributed by atoms with Gasteiger partial charge in [-0.1, -0.05) is 6.42 Å². The Morgan fingerprint density at radius 3 is 2.48 bits per heavy atom. The molecule has 0 atom stereocenters. The van der Waals surface area contributed by atoms with Crippen molar-refractivity contribution in [2.24, 2.45) is 0 Å². The van der Waals surface area contributed by atoms with Crippen molar-refractivity contribution in [1.29, 1.82) is 0 Å². The van der Waals surface area contributed by atoms with Crippen LogP contribution < -0.4 is 0 Å². The van der Waals surface area contributed by atoms with Crippen LogP contribution in [0.25, 0.3) is 0 Å². The molecular formula is C15H18BrNO5S. The SMILES string of the molecule is CC(=O)COC(=O)c1cc(S(=O)(=O)N2CCCCC2)ccc1Br. The van der Waals surface area contributed by atoms with Crippen molar-refractivity contribution in [3.05, 3.63) is 28.2 Å². The first kappa shape index (κ1) is 18.1. The predicted molar refractivity (Wildman–Crippen MR) is 87.7 cm³/mol. The predicted octanol–water partition coefficient (Wildman–Crippen LogP) is 2.37. The number of benzene rings is 1. The molecule has 1 aliphatic heterocycles. The quantitative estimate of drug-likeness (QED) is 0.704. The van der Waals surface area contributed by atoms with Crippen LogP contribution in [-0.4, -0.2) is 44.2 Å². The molecule has 0 aliphatic carbocycles. The first-order chi connectivity index (χ1) is 10.8. The Hall–Kier alpha value is -1.25. The standard InChI is InChI=1S/C15H18BrNO5S/c1-11(18)10-22-15(19)13-9-12(5-6-14(13)16)23(20,21)17-7-3-2-4-8-17/h5-6,9H,2-4,7-8,10H2,1H3. The molecule has 8 heteroatoms. The van der Waals surface area contributed by atoms with Crippen molar-refractivity contribution < 1.29 is 22.7 Å². The highest BCUT2D eigenvalue weighted by molar-refractivity contribution is 9.10. The van der Waals surface area contributed by atoms with Crippen LogP contribution in [-0.2, 0) is 19.6 Å². The molecule has 0 spiro atoms. The van der Waals surface area contributed by atoms with Gasteiger partial charge in [0, 0.05) is 17.6 Å². The molecule has 1 fully saturated rings. The Morgan fingerprint density at radius 2 is 1.87 bits per heavy atom. The van der Waals surface area contributed by atoms with E-state index in [9.17, 15) is 18.0 Å². The average Bonchev–Trinajstić information content (AvgIpc) is 2.53. The fourth-order valence-corrected chi connectivity index (χ4v) is 4.27. The van der Waals surface area contributed by atoms with Crippen LogP contribution in [0.3, 0.4) is 0 Å². The van der Waals surface area contributed by atoms with Gasteiger partial charge in [0.05, 0.1) is 10.5 Å². The van der Waals surface area contributed by atoms with Gasteiger partial charge in [0.2, 0.25) is 10.0 Å². The minimum absolute atomic E-state index is 0.0531. The third kappa shape index (κ3) is 4.39. The molecule has 1 aromatic rings. The van der Waals surface area contributed by atoms with E-state index in [0.717, 1.165) is 19.3 Å². The molecule has 0 bridgehead atoms. The van der Waals surface area contributed by atoms with Crippen molar-refractivity contribution in [1.82, 2.24) is 4.31 Å². The summed E-state index contributed by atoms with van der Waals surface area (Å²) in [6, 6.07) is 4.24. The summed E-state index contributed by atoms with van der Waals surface area (Å²) in [6.07, 6.45) is 2.70. The lowest BCUT2D eigenvalue weighted by molar-refractivity contribution is -0.120. The summed E-state index contributed by atoms with van der Waals surface area (Å²) in [4.78, 5) is 23.0. The van der Waals surface area contributed by atoms with Crippen LogP contribution in [0.4, 0.5) is 0 Å². The number of hydrogen-bond acceptors (Lipinski definition) is 5. The van der Waals surface area contributed by atoms with Crippen LogP contribution in [0.15, 0.2) is 27.6 Å². The van der Waals surface area contributed by atoms with E-state index in [0.29, 0.717) is 17.6 Å². The molecule has 126 valence electrons. The van der Waals surface area contributed by atoms with Gasteiger partial charge < -0.3 is 4.74 Å². The van der Waals surface area contributed by atoms with E-state index in [1.54, 1.807) is 0 Å². The Kier molecular flexibility index (Phi) is 5.94. The molecule has 1 aromatic carbocycles. The number of Topliss-reactive ketones (excluding diaryl/α,β-unsaturated/α-hetero) is 1. The molecule has 1 heterocycles. The monoisotopic (exact) mass is 403 g/mol. The van der Waals surface area contributed by atoms with Crippen LogP contribution in [0.1, 0.15) is 36.5 Å². The topological polar surface area (TPSA) is 80.8 Å². The first-order valence-electron chi connectivity index (χ1n) is 7.28. The Morgan fingerprint density at radius 1 is 1.22 bits per heavy atom. The Bertz CT molecular complexity index is 711. The highest BCUT2D eigenvalue weighted by atomic mass is 79.9. The summed E-state index contributed by atoms with van der Waals surface area (Å²) in [5, 5.41) is 0. The fourth-order valence-electron chi connectivity index (χ4n) is 2.32. The van der Waals surface area contributed by atoms with E-state index in [-0.39, 0.29) is 22.8 Å². The third-order valence-electron chi connectivity index (χ3n) is 3.52. The van der Waals surface area contributed by atoms with E-state index in [1.807, 2.05) is 0 Å². The zero-order chi connectivity index (χ0) is 17.0. The maximum atomic E-state index is 12.6. The van der Waals surface area contributed by atoms with Gasteiger partial charge in [0.15, 0.2) is 5.78 Å². The van der Waals surface area contributed by atoms with Gasteiger partial charge in [-0.25, -0.2) is 13.2 Å². The number of esters is 1. The number of rotatable bonds is 5. The van der Waals surface area contributed by atoms with Gasteiger partial charge in [-0.2, -0.15) is 4.31 Å². The number of hydrogen-bond donors (Lipinski definition) is 0. The number of nitrogens with zero attached hydrogens (tertiary/aromatic N) is 1. The molecule has 1 aliphatic rings. The highest BCUT2D eigenvalue weighted by Gasteiger charge is 2.27. The Labute approximate surface area is 144 Å². The molecule has 0 unspecified atom stereocenters. The summed E-state index contributed by atoms with van der Waals surface area (Å²) in [5.74, 6) is -1.02. The molecule has 2 rings (SSSR count). The van der Waals surface area contributed by atoms with Crippen molar-refractivity contribution in [3.8, 4) is 0 Å². The molecular weight excluding hydrogens is 386 g/mol. The van der Waals surface area contributed by atoms with Gasteiger partial charge in [-0.15, -0.1) is 0 Å². The second-order valence-corrected chi connectivity index (χ2v) is 8.18. The number of sulfonamides is 1. The van der Waals surface area contributed by atoms with E-state index in [2.05, 4.69) is 15.9 Å². The van der Waals surface area contributed by atoms with Gasteiger partial charge in [0.1, 0.15) is 6.61 Å². The van der Waals surface area contributed by atoms with Gasteiger partial charge >= 0.3 is 5.97 Å². The second-order valence-electron chi connectivity index (χ2n) is 5.38. The lowest BCUT2D eigenvalue weighted by atomic mass is 10.2. The number of piperidine rings is 1. The van der Waals surface area contributed by atoms with E-state index < -0.39 is 16.0 Å². The highest BCUT2D eigenvalue weighted by Crippen LogP contribution is 2.25. The van der Waals surface area contributed by atoms with Crippen LogP contribution in [0.5, 0.6) is 0 Å². The van der Waals surface area contributed by atoms with Crippen LogP contribution in [0, 0.1) is 0 Å². The maximum Gasteiger partial charge on any atom is 0.339 e. The van der Waals surface area contributed by atoms with Crippen molar-refractivity contribution >= 4 is 37.7 Å². The molecule has 6 nitrogen and oxygen atoms in total. The zero-order valence-corrected chi connectivity index (χ0v) is 15.2. The zero-order valence-electron chi connectivity index (χ0n) is 12.7. The minimum atomic E-state index is -3.63. The summed E-state index contributed by atoms with van der Waals surface area (Å²) >= 11 is 3.21. The molecule has 0 aromatic heterocycles. The fraction of sp³-hybridized carbons (Fsp3) is 0.467. The average molecular weight is 404 g/mol. The molecule has 0 amide bonds. The molecule has 0 saturated carbocycles. The summed E-state index contributed by atoms with van der Waals surface area (Å²) in [6.45, 7) is 1.94. The van der Waals surface area contributed by atoms with Crippen molar-refractivity contribution in [3.63, 3.8) is 0 Å². The largest absolute Gasteiger partial charge is 0.454 e. The summed E-state index contributed by atoms with van der Waals surface area (Å²) in [7, 11) is -3.63. The minimum Gasteiger partial charge on any atom is -0.454 e. The number of halogens is 1. The van der Waals surface area contributed by atoms with Crippen LogP contribution >= 0.6 is 15.9 Å². The molecule has 0 radical (unpaired) electrons. The maximum absolute atomic E-state index is 12.6. The van der Waals surface area contributed by atoms with E-state index in [1.165, 1.54) is 29.4 Å². The third-order valence-corrected chi connectivity index (χ3v) is 6.10. The smallest absolute Gasteiger partial charge is 0.339 e. The summed E-state index contributed by atoms with van der Waals surface area (Å²) < 4.78 is 32.0. The normalized spacial score (nSPS) is 16.1. The lowest BCUT2D eigenvalue weighted by Crippen LogP contribution is -2.35. The number of carbonyl (C=O) groups is 2. The number of carbonyl (C=O) groups excluding carboxylic acids is 2. The van der Waals surface area contributed by atoms with E-state index in [4.69, 9.17) is 4.74 Å². The van der Waals surface area contributed by atoms with Gasteiger partial charge in [0.25, 0.3) is 0 Å².